The van der Waals surface area contributed by atoms with Crippen LogP contribution in [-0.2, 0) is 0 Å². The van der Waals surface area contributed by atoms with Crippen molar-refractivity contribution in [2.75, 3.05) is 26.7 Å². The average Bonchev–Trinajstić information content (AvgIpc) is 2.39. The molecule has 0 aliphatic rings. The zero-order chi connectivity index (χ0) is 14.1. The van der Waals surface area contributed by atoms with Gasteiger partial charge in [-0.25, -0.2) is 0 Å². The molecule has 0 saturated heterocycles. The fourth-order valence-corrected chi connectivity index (χ4v) is 2.69. The van der Waals surface area contributed by atoms with E-state index in [1.165, 1.54) is 24.9 Å². The summed E-state index contributed by atoms with van der Waals surface area (Å²) < 4.78 is 1.16. The van der Waals surface area contributed by atoms with Gasteiger partial charge in [0.1, 0.15) is 0 Å². The lowest BCUT2D eigenvalue weighted by Crippen LogP contribution is -2.28. The van der Waals surface area contributed by atoms with Gasteiger partial charge < -0.3 is 10.2 Å². The minimum absolute atomic E-state index is 0.455. The zero-order valence-electron chi connectivity index (χ0n) is 12.5. The van der Waals surface area contributed by atoms with E-state index in [4.69, 9.17) is 0 Å². The van der Waals surface area contributed by atoms with Gasteiger partial charge in [0.25, 0.3) is 0 Å². The highest BCUT2D eigenvalue weighted by molar-refractivity contribution is 9.10. The van der Waals surface area contributed by atoms with Gasteiger partial charge >= 0.3 is 0 Å². The van der Waals surface area contributed by atoms with Gasteiger partial charge in [-0.2, -0.15) is 0 Å². The Morgan fingerprint density at radius 3 is 2.63 bits per heavy atom. The van der Waals surface area contributed by atoms with Crippen molar-refractivity contribution < 1.29 is 0 Å². The maximum Gasteiger partial charge on any atom is 0.0332 e. The number of benzene rings is 1. The molecule has 0 heterocycles. The molecule has 2 nitrogen and oxygen atoms in total. The molecule has 0 spiro atoms. The highest BCUT2D eigenvalue weighted by Crippen LogP contribution is 2.21. The van der Waals surface area contributed by atoms with Gasteiger partial charge in [0.2, 0.25) is 0 Å². The van der Waals surface area contributed by atoms with Crippen molar-refractivity contribution in [3.63, 3.8) is 0 Å². The maximum absolute atomic E-state index is 3.66. The monoisotopic (exact) mass is 326 g/mol. The Hall–Kier alpha value is -0.380. The normalized spacial score (nSPS) is 12.9. The van der Waals surface area contributed by atoms with Crippen LogP contribution in [0.4, 0.5) is 0 Å². The first-order valence-electron chi connectivity index (χ1n) is 7.34. The van der Waals surface area contributed by atoms with Crippen LogP contribution < -0.4 is 5.32 Å². The number of nitrogens with zero attached hydrogens (tertiary/aromatic N) is 1. The smallest absolute Gasteiger partial charge is 0.0332 e. The van der Waals surface area contributed by atoms with Gasteiger partial charge in [-0.15, -0.1) is 0 Å². The predicted molar refractivity (Wildman–Crippen MR) is 87.6 cm³/mol. The fourth-order valence-electron chi connectivity index (χ4n) is 2.27. The molecule has 1 aromatic carbocycles. The van der Waals surface area contributed by atoms with Crippen molar-refractivity contribution in [2.24, 2.45) is 0 Å². The highest BCUT2D eigenvalue weighted by Gasteiger charge is 2.11. The maximum atomic E-state index is 3.66. The number of rotatable bonds is 9. The Morgan fingerprint density at radius 2 is 2.00 bits per heavy atom. The molecule has 0 saturated carbocycles. The van der Waals surface area contributed by atoms with Crippen LogP contribution in [-0.4, -0.2) is 31.6 Å². The molecule has 19 heavy (non-hydrogen) atoms. The number of hydrogen-bond donors (Lipinski definition) is 1. The van der Waals surface area contributed by atoms with E-state index in [-0.39, 0.29) is 0 Å². The third kappa shape index (κ3) is 6.55. The molecule has 1 N–H and O–H groups in total. The molecule has 0 radical (unpaired) electrons. The molecule has 0 aliphatic heterocycles. The molecular weight excluding hydrogens is 300 g/mol. The van der Waals surface area contributed by atoms with Crippen molar-refractivity contribution in [1.29, 1.82) is 0 Å². The van der Waals surface area contributed by atoms with Crippen LogP contribution in [0.1, 0.15) is 44.7 Å². The minimum atomic E-state index is 0.455. The first-order valence-corrected chi connectivity index (χ1v) is 8.14. The third-order valence-corrected chi connectivity index (χ3v) is 3.79. The molecule has 108 valence electrons. The molecule has 1 rings (SSSR count). The summed E-state index contributed by atoms with van der Waals surface area (Å²) in [7, 11) is 2.21. The number of nitrogens with one attached hydrogen (secondary N) is 1. The van der Waals surface area contributed by atoms with E-state index in [9.17, 15) is 0 Å². The van der Waals surface area contributed by atoms with Crippen molar-refractivity contribution in [2.45, 2.75) is 39.2 Å². The summed E-state index contributed by atoms with van der Waals surface area (Å²) in [6.45, 7) is 7.85. The highest BCUT2D eigenvalue weighted by atomic mass is 79.9. The summed E-state index contributed by atoms with van der Waals surface area (Å²) in [4.78, 5) is 2.42. The summed E-state index contributed by atoms with van der Waals surface area (Å²) >= 11 is 3.57. The SMILES string of the molecule is CCCNC(CCN(C)CCC)c1cccc(Br)c1. The standard InChI is InChI=1S/C16H27BrN2/c1-4-10-18-16(9-12-19(3)11-5-2)14-7-6-8-15(17)13-14/h6-8,13,16,18H,4-5,9-12H2,1-3H3. The third-order valence-electron chi connectivity index (χ3n) is 3.30. The summed E-state index contributed by atoms with van der Waals surface area (Å²) in [5.41, 5.74) is 1.38. The fraction of sp³-hybridized carbons (Fsp3) is 0.625. The molecule has 0 bridgehead atoms. The summed E-state index contributed by atoms with van der Waals surface area (Å²) in [5.74, 6) is 0. The van der Waals surface area contributed by atoms with E-state index in [2.05, 4.69) is 71.3 Å². The first kappa shape index (κ1) is 16.7. The zero-order valence-corrected chi connectivity index (χ0v) is 14.0. The Labute approximate surface area is 126 Å². The summed E-state index contributed by atoms with van der Waals surface area (Å²) in [6.07, 6.45) is 3.56. The first-order chi connectivity index (χ1) is 9.17. The Kier molecular flexibility index (Phi) is 8.35. The largest absolute Gasteiger partial charge is 0.310 e. The lowest BCUT2D eigenvalue weighted by atomic mass is 10.0. The molecular formula is C16H27BrN2. The number of halogens is 1. The summed E-state index contributed by atoms with van der Waals surface area (Å²) in [6, 6.07) is 9.11. The molecule has 0 amide bonds. The van der Waals surface area contributed by atoms with Crippen molar-refractivity contribution in [3.8, 4) is 0 Å². The van der Waals surface area contributed by atoms with Crippen molar-refractivity contribution in [1.82, 2.24) is 10.2 Å². The van der Waals surface area contributed by atoms with Crippen LogP contribution in [0.3, 0.4) is 0 Å². The van der Waals surface area contributed by atoms with Crippen LogP contribution in [0.25, 0.3) is 0 Å². The van der Waals surface area contributed by atoms with Gasteiger partial charge in [-0.1, -0.05) is 41.9 Å². The van der Waals surface area contributed by atoms with Crippen molar-refractivity contribution >= 4 is 15.9 Å². The van der Waals surface area contributed by atoms with E-state index in [1.54, 1.807) is 0 Å². The van der Waals surface area contributed by atoms with Crippen molar-refractivity contribution in [3.05, 3.63) is 34.3 Å². The van der Waals surface area contributed by atoms with Crippen LogP contribution >= 0.6 is 15.9 Å². The summed E-state index contributed by atoms with van der Waals surface area (Å²) in [5, 5.41) is 3.66. The second-order valence-corrected chi connectivity index (χ2v) is 6.07. The van der Waals surface area contributed by atoms with Gasteiger partial charge in [0.05, 0.1) is 0 Å². The lowest BCUT2D eigenvalue weighted by molar-refractivity contribution is 0.308. The second kappa shape index (κ2) is 9.51. The van der Waals surface area contributed by atoms with Gasteiger partial charge in [-0.05, 0) is 63.6 Å². The van der Waals surface area contributed by atoms with Gasteiger partial charge in [0.15, 0.2) is 0 Å². The van der Waals surface area contributed by atoms with E-state index >= 15 is 0 Å². The predicted octanol–water partition coefficient (Wildman–Crippen LogP) is 4.22. The molecule has 1 atom stereocenters. The Bertz CT molecular complexity index is 354. The van der Waals surface area contributed by atoms with Gasteiger partial charge in [0, 0.05) is 10.5 Å². The minimum Gasteiger partial charge on any atom is -0.310 e. The second-order valence-electron chi connectivity index (χ2n) is 5.15. The Morgan fingerprint density at radius 1 is 1.21 bits per heavy atom. The molecule has 1 unspecified atom stereocenters. The Balaban J connectivity index is 2.61. The number of hydrogen-bond acceptors (Lipinski definition) is 2. The average molecular weight is 327 g/mol. The van der Waals surface area contributed by atoms with E-state index in [0.29, 0.717) is 6.04 Å². The molecule has 1 aromatic rings. The molecule has 3 heteroatoms. The topological polar surface area (TPSA) is 15.3 Å². The van der Waals surface area contributed by atoms with E-state index in [0.717, 1.165) is 24.0 Å². The van der Waals surface area contributed by atoms with E-state index < -0.39 is 0 Å². The quantitative estimate of drug-likeness (QED) is 0.730. The molecule has 0 aliphatic carbocycles. The van der Waals surface area contributed by atoms with Crippen LogP contribution in [0.5, 0.6) is 0 Å². The van der Waals surface area contributed by atoms with Crippen LogP contribution in [0.15, 0.2) is 28.7 Å². The van der Waals surface area contributed by atoms with E-state index in [1.807, 2.05) is 0 Å². The lowest BCUT2D eigenvalue weighted by Gasteiger charge is -2.23. The van der Waals surface area contributed by atoms with Crippen LogP contribution in [0, 0.1) is 0 Å². The van der Waals surface area contributed by atoms with Crippen LogP contribution in [0.2, 0.25) is 0 Å². The molecule has 0 fully saturated rings. The van der Waals surface area contributed by atoms with Gasteiger partial charge in [-0.3, -0.25) is 0 Å². The molecule has 0 aromatic heterocycles.